The molecule has 0 saturated carbocycles. The van der Waals surface area contributed by atoms with Crippen molar-refractivity contribution in [2.75, 3.05) is 50.0 Å². The van der Waals surface area contributed by atoms with Crippen LogP contribution >= 0.6 is 11.6 Å². The normalized spacial score (nSPS) is 14.8. The van der Waals surface area contributed by atoms with E-state index in [1.54, 1.807) is 12.3 Å². The van der Waals surface area contributed by atoms with Gasteiger partial charge >= 0.3 is 6.09 Å². The largest absolute Gasteiger partial charge is 0.465 e. The first kappa shape index (κ1) is 31.4. The maximum atomic E-state index is 13.1. The molecule has 1 saturated heterocycles. The predicted octanol–water partition coefficient (Wildman–Crippen LogP) is 7.17. The quantitative estimate of drug-likeness (QED) is 0.207. The molecule has 0 spiro atoms. The van der Waals surface area contributed by atoms with Crippen LogP contribution in [0.1, 0.15) is 45.0 Å². The van der Waals surface area contributed by atoms with Gasteiger partial charge in [-0.05, 0) is 105 Å². The van der Waals surface area contributed by atoms with Crippen molar-refractivity contribution in [3.05, 3.63) is 111 Å². The zero-order valence-corrected chi connectivity index (χ0v) is 26.9. The molecule has 5 rings (SSSR count). The molecule has 3 aromatic carbocycles. The second-order valence-corrected chi connectivity index (χ2v) is 12.3. The van der Waals surface area contributed by atoms with E-state index < -0.39 is 12.1 Å². The van der Waals surface area contributed by atoms with Gasteiger partial charge < -0.3 is 20.2 Å². The summed E-state index contributed by atoms with van der Waals surface area (Å²) in [7, 11) is 2.17. The molecule has 4 aromatic rings. The molecule has 0 bridgehead atoms. The van der Waals surface area contributed by atoms with Gasteiger partial charge in [0.1, 0.15) is 5.82 Å². The van der Waals surface area contributed by atoms with E-state index in [1.807, 2.05) is 58.0 Å². The maximum Gasteiger partial charge on any atom is 0.413 e. The SMILES string of the molecule is Cc1cc(C)c(C(c2cc(Cl)ccc2C)N(C(=O)O)c2ccnc(Nc3ccc(CCN4CCN(C)CC4)cc3)n2)c(C)c1. The lowest BCUT2D eigenvalue weighted by molar-refractivity contribution is 0.155. The van der Waals surface area contributed by atoms with Gasteiger partial charge in [0.05, 0.1) is 6.04 Å². The molecule has 1 amide bonds. The molecule has 1 aromatic heterocycles. The Bertz CT molecular complexity index is 1600. The van der Waals surface area contributed by atoms with E-state index in [2.05, 4.69) is 51.4 Å². The monoisotopic (exact) mass is 612 g/mol. The lowest BCUT2D eigenvalue weighted by atomic mass is 9.87. The van der Waals surface area contributed by atoms with Crippen LogP contribution in [-0.2, 0) is 6.42 Å². The Kier molecular flexibility index (Phi) is 9.84. The first-order chi connectivity index (χ1) is 21.1. The molecule has 8 nitrogen and oxygen atoms in total. The topological polar surface area (TPSA) is 84.8 Å². The number of piperazine rings is 1. The summed E-state index contributed by atoms with van der Waals surface area (Å²) in [6.07, 6.45) is 1.45. The Hall–Kier alpha value is -3.98. The number of amides is 1. The molecule has 230 valence electrons. The van der Waals surface area contributed by atoms with Crippen molar-refractivity contribution < 1.29 is 9.90 Å². The second-order valence-electron chi connectivity index (χ2n) is 11.8. The van der Waals surface area contributed by atoms with E-state index in [1.165, 1.54) is 10.5 Å². The van der Waals surface area contributed by atoms with E-state index in [0.29, 0.717) is 11.0 Å². The highest BCUT2D eigenvalue weighted by atomic mass is 35.5. The van der Waals surface area contributed by atoms with Crippen LogP contribution in [0.15, 0.2) is 66.9 Å². The van der Waals surface area contributed by atoms with E-state index in [-0.39, 0.29) is 5.82 Å². The average molecular weight is 613 g/mol. The molecular formula is C35H41ClN6O2. The van der Waals surface area contributed by atoms with Gasteiger partial charge in [-0.25, -0.2) is 14.7 Å². The number of carboxylic acid groups (broad SMARTS) is 1. The highest BCUT2D eigenvalue weighted by molar-refractivity contribution is 6.30. The summed E-state index contributed by atoms with van der Waals surface area (Å²) in [4.78, 5) is 28.4. The van der Waals surface area contributed by atoms with Crippen molar-refractivity contribution in [3.63, 3.8) is 0 Å². The van der Waals surface area contributed by atoms with Crippen molar-refractivity contribution in [1.29, 1.82) is 0 Å². The van der Waals surface area contributed by atoms with Crippen LogP contribution < -0.4 is 10.2 Å². The molecule has 1 aliphatic rings. The van der Waals surface area contributed by atoms with E-state index in [4.69, 9.17) is 16.6 Å². The Morgan fingerprint density at radius 2 is 1.64 bits per heavy atom. The number of nitrogens with zero attached hydrogens (tertiary/aromatic N) is 5. The number of hydrogen-bond donors (Lipinski definition) is 2. The Labute approximate surface area is 265 Å². The predicted molar refractivity (Wildman–Crippen MR) is 179 cm³/mol. The number of halogens is 1. The van der Waals surface area contributed by atoms with Crippen molar-refractivity contribution in [3.8, 4) is 0 Å². The fourth-order valence-corrected chi connectivity index (χ4v) is 6.26. The summed E-state index contributed by atoms with van der Waals surface area (Å²) >= 11 is 6.47. The molecule has 1 atom stereocenters. The maximum absolute atomic E-state index is 13.1. The second kappa shape index (κ2) is 13.8. The van der Waals surface area contributed by atoms with Crippen LogP contribution in [0.4, 0.5) is 22.2 Å². The number of carbonyl (C=O) groups is 1. The van der Waals surface area contributed by atoms with Gasteiger partial charge in [0.25, 0.3) is 0 Å². The fraction of sp³-hybridized carbons (Fsp3) is 0.343. The van der Waals surface area contributed by atoms with Crippen molar-refractivity contribution >= 4 is 35.1 Å². The number of likely N-dealkylation sites (N-methyl/N-ethyl adjacent to an activating group) is 1. The number of rotatable bonds is 9. The molecule has 1 unspecified atom stereocenters. The zero-order chi connectivity index (χ0) is 31.4. The third-order valence-electron chi connectivity index (χ3n) is 8.42. The van der Waals surface area contributed by atoms with E-state index >= 15 is 0 Å². The van der Waals surface area contributed by atoms with Crippen molar-refractivity contribution in [2.24, 2.45) is 0 Å². The highest BCUT2D eigenvalue weighted by Crippen LogP contribution is 2.39. The van der Waals surface area contributed by atoms with Crippen LogP contribution in [0.2, 0.25) is 5.02 Å². The molecular weight excluding hydrogens is 572 g/mol. The van der Waals surface area contributed by atoms with Crippen molar-refractivity contribution in [2.45, 2.75) is 40.2 Å². The molecule has 2 heterocycles. The van der Waals surface area contributed by atoms with Crippen LogP contribution in [-0.4, -0.2) is 70.7 Å². The summed E-state index contributed by atoms with van der Waals surface area (Å²) in [5.41, 5.74) is 7.86. The number of aromatic nitrogens is 2. The lowest BCUT2D eigenvalue weighted by Gasteiger charge is -2.33. The van der Waals surface area contributed by atoms with Crippen LogP contribution in [0.25, 0.3) is 0 Å². The molecule has 1 fully saturated rings. The van der Waals surface area contributed by atoms with Gasteiger partial charge in [0.2, 0.25) is 5.95 Å². The van der Waals surface area contributed by atoms with Crippen LogP contribution in [0.5, 0.6) is 0 Å². The van der Waals surface area contributed by atoms with Gasteiger partial charge in [0.15, 0.2) is 0 Å². The summed E-state index contributed by atoms with van der Waals surface area (Å²) in [6.45, 7) is 13.5. The minimum atomic E-state index is -1.12. The Balaban J connectivity index is 1.42. The minimum absolute atomic E-state index is 0.266. The number of benzene rings is 3. The summed E-state index contributed by atoms with van der Waals surface area (Å²) < 4.78 is 0. The first-order valence-corrected chi connectivity index (χ1v) is 15.4. The number of nitrogens with one attached hydrogen (secondary N) is 1. The minimum Gasteiger partial charge on any atom is -0.465 e. The van der Waals surface area contributed by atoms with Crippen LogP contribution in [0, 0.1) is 27.7 Å². The van der Waals surface area contributed by atoms with Gasteiger partial charge in [-0.1, -0.05) is 47.5 Å². The highest BCUT2D eigenvalue weighted by Gasteiger charge is 2.33. The molecule has 1 aliphatic heterocycles. The zero-order valence-electron chi connectivity index (χ0n) is 26.1. The molecule has 9 heteroatoms. The third-order valence-corrected chi connectivity index (χ3v) is 8.66. The number of anilines is 3. The van der Waals surface area contributed by atoms with Gasteiger partial charge in [0, 0.05) is 49.6 Å². The summed E-state index contributed by atoms with van der Waals surface area (Å²) in [5, 5.41) is 14.5. The molecule has 2 N–H and O–H groups in total. The van der Waals surface area contributed by atoms with Crippen LogP contribution in [0.3, 0.4) is 0 Å². The average Bonchev–Trinajstić information content (AvgIpc) is 2.98. The summed E-state index contributed by atoms with van der Waals surface area (Å²) in [6, 6.07) is 19.0. The van der Waals surface area contributed by atoms with Crippen molar-refractivity contribution in [1.82, 2.24) is 19.8 Å². The standard InChI is InChI=1S/C35H41ClN6O2/c1-23-20-25(3)32(26(4)21-23)33(30-22-28(36)9-6-24(30)2)42(35(43)44)31-12-14-37-34(39-31)38-29-10-7-27(8-11-29)13-15-41-18-16-40(5)17-19-41/h6-12,14,20-22,33H,13,15-19H2,1-5H3,(H,43,44)(H,37,38,39). The fourth-order valence-electron chi connectivity index (χ4n) is 6.08. The first-order valence-electron chi connectivity index (χ1n) is 15.0. The van der Waals surface area contributed by atoms with Gasteiger partial charge in [-0.15, -0.1) is 0 Å². The van der Waals surface area contributed by atoms with E-state index in [9.17, 15) is 9.90 Å². The Morgan fingerprint density at radius 1 is 0.955 bits per heavy atom. The summed E-state index contributed by atoms with van der Waals surface area (Å²) in [5.74, 6) is 0.584. The third kappa shape index (κ3) is 7.38. The van der Waals surface area contributed by atoms with Gasteiger partial charge in [-0.2, -0.15) is 4.98 Å². The number of aryl methyl sites for hydroxylation is 4. The number of hydrogen-bond acceptors (Lipinski definition) is 6. The molecule has 0 radical (unpaired) electrons. The molecule has 44 heavy (non-hydrogen) atoms. The molecule has 0 aliphatic carbocycles. The Morgan fingerprint density at radius 3 is 2.30 bits per heavy atom. The smallest absolute Gasteiger partial charge is 0.413 e. The van der Waals surface area contributed by atoms with Gasteiger partial charge in [-0.3, -0.25) is 0 Å². The lowest BCUT2D eigenvalue weighted by Crippen LogP contribution is -2.45. The van der Waals surface area contributed by atoms with E-state index in [0.717, 1.165) is 78.2 Å².